The van der Waals surface area contributed by atoms with Crippen molar-refractivity contribution in [2.45, 2.75) is 6.18 Å². The molecule has 7 nitrogen and oxygen atoms in total. The molecule has 0 atom stereocenters. The summed E-state index contributed by atoms with van der Waals surface area (Å²) < 4.78 is 48.5. The summed E-state index contributed by atoms with van der Waals surface area (Å²) >= 11 is 0. The number of alkyl halides is 3. The number of halogens is 3. The molecule has 0 bridgehead atoms. The van der Waals surface area contributed by atoms with Crippen molar-refractivity contribution in [2.75, 3.05) is 10.6 Å². The number of nitrogens with one attached hydrogen (secondary N) is 2. The molecular formula is C23H19F3N4O3. The number of ether oxygens (including phenoxy) is 1. The van der Waals surface area contributed by atoms with E-state index in [4.69, 9.17) is 4.74 Å². The first-order chi connectivity index (χ1) is 15.6. The van der Waals surface area contributed by atoms with E-state index >= 15 is 0 Å². The Morgan fingerprint density at radius 3 is 2.09 bits per heavy atom. The highest BCUT2D eigenvalue weighted by Crippen LogP contribution is 2.36. The molecule has 10 heteroatoms. The third kappa shape index (κ3) is 4.40. The third-order valence-corrected chi connectivity index (χ3v) is 5.07. The number of amides is 2. The normalized spacial score (nSPS) is 11.4. The van der Waals surface area contributed by atoms with Crippen molar-refractivity contribution in [3.05, 3.63) is 82.8 Å². The van der Waals surface area contributed by atoms with E-state index in [0.717, 1.165) is 12.1 Å². The molecule has 170 valence electrons. The van der Waals surface area contributed by atoms with Crippen molar-refractivity contribution < 1.29 is 22.7 Å². The molecule has 1 heterocycles. The standard InChI is InChI=1S/C23H19F3N4O3/c1-29-18-12-17(28-21(31)27-16-11-7-6-10-15(16)23(24,25)26)20(13-19(18)30(2)22(29)32)33-14-8-4-3-5-9-14/h3-13H,1-2H3,(H2,27,28,31). The van der Waals surface area contributed by atoms with Gasteiger partial charge >= 0.3 is 17.9 Å². The fraction of sp³-hybridized carbons (Fsp3) is 0.130. The lowest BCUT2D eigenvalue weighted by atomic mass is 10.1. The zero-order valence-corrected chi connectivity index (χ0v) is 17.6. The minimum absolute atomic E-state index is 0.176. The first-order valence-electron chi connectivity index (χ1n) is 9.82. The number of rotatable bonds is 4. The highest BCUT2D eigenvalue weighted by molar-refractivity contribution is 6.02. The van der Waals surface area contributed by atoms with Crippen molar-refractivity contribution in [1.82, 2.24) is 9.13 Å². The smallest absolute Gasteiger partial charge is 0.418 e. The Hall–Kier alpha value is -4.21. The molecule has 33 heavy (non-hydrogen) atoms. The highest BCUT2D eigenvalue weighted by atomic mass is 19.4. The first-order valence-corrected chi connectivity index (χ1v) is 9.82. The number of fused-ring (bicyclic) bond motifs is 1. The van der Waals surface area contributed by atoms with E-state index in [2.05, 4.69) is 10.6 Å². The Morgan fingerprint density at radius 1 is 0.848 bits per heavy atom. The Labute approximate surface area is 186 Å². The second-order valence-electron chi connectivity index (χ2n) is 7.28. The number of benzene rings is 3. The topological polar surface area (TPSA) is 77.3 Å². The van der Waals surface area contributed by atoms with Gasteiger partial charge in [-0.2, -0.15) is 13.2 Å². The fourth-order valence-corrected chi connectivity index (χ4v) is 3.44. The molecule has 0 fully saturated rings. The zero-order valence-electron chi connectivity index (χ0n) is 17.6. The number of nitrogens with zero attached hydrogens (tertiary/aromatic N) is 2. The zero-order chi connectivity index (χ0) is 23.8. The minimum Gasteiger partial charge on any atom is -0.455 e. The van der Waals surface area contributed by atoms with Gasteiger partial charge in [-0.1, -0.05) is 30.3 Å². The fourth-order valence-electron chi connectivity index (χ4n) is 3.44. The van der Waals surface area contributed by atoms with Crippen LogP contribution in [0.4, 0.5) is 29.3 Å². The van der Waals surface area contributed by atoms with Crippen LogP contribution in [0.25, 0.3) is 11.0 Å². The van der Waals surface area contributed by atoms with E-state index in [1.807, 2.05) is 6.07 Å². The van der Waals surface area contributed by atoms with Crippen LogP contribution in [-0.2, 0) is 20.3 Å². The molecule has 0 aliphatic carbocycles. The van der Waals surface area contributed by atoms with Crippen LogP contribution < -0.4 is 21.1 Å². The van der Waals surface area contributed by atoms with Gasteiger partial charge in [0.1, 0.15) is 5.75 Å². The molecule has 0 saturated carbocycles. The average molecular weight is 456 g/mol. The van der Waals surface area contributed by atoms with Gasteiger partial charge in [-0.15, -0.1) is 0 Å². The molecule has 4 rings (SSSR count). The Balaban J connectivity index is 1.72. The number of carbonyl (C=O) groups is 1. The van der Waals surface area contributed by atoms with E-state index in [-0.39, 0.29) is 22.8 Å². The van der Waals surface area contributed by atoms with E-state index in [0.29, 0.717) is 16.8 Å². The van der Waals surface area contributed by atoms with Gasteiger partial charge in [-0.25, -0.2) is 9.59 Å². The van der Waals surface area contributed by atoms with Crippen molar-refractivity contribution in [2.24, 2.45) is 14.1 Å². The summed E-state index contributed by atoms with van der Waals surface area (Å²) in [6, 6.07) is 15.6. The highest BCUT2D eigenvalue weighted by Gasteiger charge is 2.33. The van der Waals surface area contributed by atoms with Crippen LogP contribution in [-0.4, -0.2) is 15.2 Å². The maximum absolute atomic E-state index is 13.3. The Kier molecular flexibility index (Phi) is 5.59. The van der Waals surface area contributed by atoms with E-state index < -0.39 is 17.8 Å². The molecule has 0 aliphatic heterocycles. The molecule has 0 unspecified atom stereocenters. The summed E-state index contributed by atoms with van der Waals surface area (Å²) in [6.07, 6.45) is -4.63. The third-order valence-electron chi connectivity index (χ3n) is 5.07. The Morgan fingerprint density at radius 2 is 1.42 bits per heavy atom. The lowest BCUT2D eigenvalue weighted by molar-refractivity contribution is -0.136. The van der Waals surface area contributed by atoms with Gasteiger partial charge in [-0.05, 0) is 30.3 Å². The molecule has 0 spiro atoms. The number of para-hydroxylation sites is 2. The summed E-state index contributed by atoms with van der Waals surface area (Å²) in [7, 11) is 3.18. The molecule has 1 aromatic heterocycles. The second kappa shape index (κ2) is 8.38. The minimum atomic E-state index is -4.63. The van der Waals surface area contributed by atoms with Gasteiger partial charge in [0, 0.05) is 20.2 Å². The lowest BCUT2D eigenvalue weighted by Gasteiger charge is -2.16. The average Bonchev–Trinajstić information content (AvgIpc) is 2.98. The number of carbonyl (C=O) groups excluding carboxylic acids is 1. The number of aromatic nitrogens is 2. The number of aryl methyl sites for hydroxylation is 2. The predicted octanol–water partition coefficient (Wildman–Crippen LogP) is 5.33. The predicted molar refractivity (Wildman–Crippen MR) is 119 cm³/mol. The van der Waals surface area contributed by atoms with Crippen molar-refractivity contribution in [3.8, 4) is 11.5 Å². The van der Waals surface area contributed by atoms with Crippen LogP contribution in [0.5, 0.6) is 11.5 Å². The molecule has 0 aliphatic rings. The maximum Gasteiger partial charge on any atom is 0.418 e. The molecule has 2 N–H and O–H groups in total. The largest absolute Gasteiger partial charge is 0.455 e. The van der Waals surface area contributed by atoms with Gasteiger partial charge < -0.3 is 15.4 Å². The first kappa shape index (κ1) is 22.0. The summed E-state index contributed by atoms with van der Waals surface area (Å²) in [5.74, 6) is 0.692. The number of imidazole rings is 1. The number of hydrogen-bond donors (Lipinski definition) is 2. The van der Waals surface area contributed by atoms with Gasteiger partial charge in [0.15, 0.2) is 5.75 Å². The molecule has 4 aromatic rings. The summed E-state index contributed by atoms with van der Waals surface area (Å²) in [5, 5.41) is 4.78. The molecular weight excluding hydrogens is 437 g/mol. The Bertz CT molecular complexity index is 1390. The van der Waals surface area contributed by atoms with Crippen LogP contribution in [0.1, 0.15) is 5.56 Å². The van der Waals surface area contributed by atoms with Crippen molar-refractivity contribution >= 4 is 28.4 Å². The van der Waals surface area contributed by atoms with Crippen LogP contribution in [0.2, 0.25) is 0 Å². The van der Waals surface area contributed by atoms with Gasteiger partial charge in [0.25, 0.3) is 0 Å². The van der Waals surface area contributed by atoms with Gasteiger partial charge in [0.05, 0.1) is 28.0 Å². The van der Waals surface area contributed by atoms with Crippen LogP contribution in [0, 0.1) is 0 Å². The maximum atomic E-state index is 13.3. The molecule has 2 amide bonds. The molecule has 0 radical (unpaired) electrons. The van der Waals surface area contributed by atoms with Crippen LogP contribution in [0.3, 0.4) is 0 Å². The van der Waals surface area contributed by atoms with E-state index in [9.17, 15) is 22.8 Å². The molecule has 3 aromatic carbocycles. The second-order valence-corrected chi connectivity index (χ2v) is 7.28. The quantitative estimate of drug-likeness (QED) is 0.436. The lowest BCUT2D eigenvalue weighted by Crippen LogP contribution is -2.22. The summed E-state index contributed by atoms with van der Waals surface area (Å²) in [6.45, 7) is 0. The van der Waals surface area contributed by atoms with E-state index in [1.54, 1.807) is 44.4 Å². The molecule has 0 saturated heterocycles. The van der Waals surface area contributed by atoms with Crippen molar-refractivity contribution in [1.29, 1.82) is 0 Å². The van der Waals surface area contributed by atoms with Crippen LogP contribution >= 0.6 is 0 Å². The van der Waals surface area contributed by atoms with Gasteiger partial charge in [0.2, 0.25) is 0 Å². The van der Waals surface area contributed by atoms with Crippen molar-refractivity contribution in [3.63, 3.8) is 0 Å². The summed E-state index contributed by atoms with van der Waals surface area (Å²) in [4.78, 5) is 25.0. The number of urea groups is 1. The SMILES string of the molecule is Cn1c(=O)n(C)c2cc(Oc3ccccc3)c(NC(=O)Nc3ccccc3C(F)(F)F)cc21. The van der Waals surface area contributed by atoms with Gasteiger partial charge in [-0.3, -0.25) is 9.13 Å². The summed E-state index contributed by atoms with van der Waals surface area (Å²) in [5.41, 5.74) is -0.398. The number of anilines is 2. The van der Waals surface area contributed by atoms with E-state index in [1.165, 1.54) is 27.3 Å². The monoisotopic (exact) mass is 456 g/mol. The number of hydrogen-bond acceptors (Lipinski definition) is 3. The van der Waals surface area contributed by atoms with Crippen LogP contribution in [0.15, 0.2) is 71.5 Å².